The Balaban J connectivity index is 1.69. The predicted molar refractivity (Wildman–Crippen MR) is 93.6 cm³/mol. The first-order valence-electron chi connectivity index (χ1n) is 7.35. The van der Waals surface area contributed by atoms with Gasteiger partial charge in [0.15, 0.2) is 5.82 Å². The molecule has 3 N–H and O–H groups in total. The Morgan fingerprint density at radius 3 is 2.25 bits per heavy atom. The summed E-state index contributed by atoms with van der Waals surface area (Å²) in [5, 5.41) is 16.9. The van der Waals surface area contributed by atoms with Gasteiger partial charge in [-0.3, -0.25) is 4.79 Å². The SMILES string of the molecule is CC(=O)Nc1ccc(Nc2cnnc(Nc3ccccc3)n2)cc1. The fourth-order valence-electron chi connectivity index (χ4n) is 2.06. The molecule has 1 aromatic heterocycles. The maximum Gasteiger partial charge on any atom is 0.249 e. The number of nitrogens with one attached hydrogen (secondary N) is 3. The van der Waals surface area contributed by atoms with Crippen molar-refractivity contribution in [1.29, 1.82) is 0 Å². The van der Waals surface area contributed by atoms with Crippen molar-refractivity contribution < 1.29 is 4.79 Å². The molecule has 0 fully saturated rings. The number of hydrogen-bond donors (Lipinski definition) is 3. The van der Waals surface area contributed by atoms with Gasteiger partial charge in [0.25, 0.3) is 0 Å². The maximum atomic E-state index is 11.0. The van der Waals surface area contributed by atoms with Gasteiger partial charge in [0, 0.05) is 24.0 Å². The van der Waals surface area contributed by atoms with Crippen LogP contribution in [0.1, 0.15) is 6.92 Å². The number of carbonyl (C=O) groups is 1. The third-order valence-corrected chi connectivity index (χ3v) is 3.07. The molecule has 0 saturated heterocycles. The minimum atomic E-state index is -0.104. The van der Waals surface area contributed by atoms with E-state index in [1.54, 1.807) is 0 Å². The molecule has 0 spiro atoms. The van der Waals surface area contributed by atoms with E-state index < -0.39 is 0 Å². The topological polar surface area (TPSA) is 91.8 Å². The van der Waals surface area contributed by atoms with Gasteiger partial charge < -0.3 is 16.0 Å². The van der Waals surface area contributed by atoms with Crippen LogP contribution in [0.15, 0.2) is 60.8 Å². The summed E-state index contributed by atoms with van der Waals surface area (Å²) < 4.78 is 0. The molecule has 0 bridgehead atoms. The fraction of sp³-hybridized carbons (Fsp3) is 0.0588. The molecular weight excluding hydrogens is 304 g/mol. The van der Waals surface area contributed by atoms with Gasteiger partial charge >= 0.3 is 0 Å². The van der Waals surface area contributed by atoms with Gasteiger partial charge in [-0.15, -0.1) is 5.10 Å². The summed E-state index contributed by atoms with van der Waals surface area (Å²) >= 11 is 0. The summed E-state index contributed by atoms with van der Waals surface area (Å²) in [6.45, 7) is 1.47. The summed E-state index contributed by atoms with van der Waals surface area (Å²) in [5.41, 5.74) is 2.45. The van der Waals surface area contributed by atoms with Gasteiger partial charge in [-0.05, 0) is 36.4 Å². The molecule has 0 aliphatic rings. The summed E-state index contributed by atoms with van der Waals surface area (Å²) in [4.78, 5) is 15.4. The summed E-state index contributed by atoms with van der Waals surface area (Å²) in [5.74, 6) is 0.865. The third kappa shape index (κ3) is 4.26. The van der Waals surface area contributed by atoms with Crippen LogP contribution >= 0.6 is 0 Å². The van der Waals surface area contributed by atoms with Gasteiger partial charge in [-0.25, -0.2) is 0 Å². The van der Waals surface area contributed by atoms with Crippen molar-refractivity contribution in [2.24, 2.45) is 0 Å². The van der Waals surface area contributed by atoms with Gasteiger partial charge in [0.2, 0.25) is 11.9 Å². The molecule has 7 heteroatoms. The van der Waals surface area contributed by atoms with Gasteiger partial charge in [0.1, 0.15) is 0 Å². The number of aromatic nitrogens is 3. The lowest BCUT2D eigenvalue weighted by Gasteiger charge is -2.08. The van der Waals surface area contributed by atoms with Crippen LogP contribution in [0.5, 0.6) is 0 Å². The van der Waals surface area contributed by atoms with Crippen LogP contribution in [-0.4, -0.2) is 21.1 Å². The van der Waals surface area contributed by atoms with Crippen molar-refractivity contribution in [3.8, 4) is 0 Å². The van der Waals surface area contributed by atoms with Crippen LogP contribution in [0.25, 0.3) is 0 Å². The van der Waals surface area contributed by atoms with Crippen LogP contribution < -0.4 is 16.0 Å². The van der Waals surface area contributed by atoms with Crippen LogP contribution in [0, 0.1) is 0 Å². The van der Waals surface area contributed by atoms with Gasteiger partial charge in [0.05, 0.1) is 6.20 Å². The number of hydrogen-bond acceptors (Lipinski definition) is 6. The first kappa shape index (κ1) is 15.4. The van der Waals surface area contributed by atoms with Crippen molar-refractivity contribution in [3.05, 3.63) is 60.8 Å². The van der Waals surface area contributed by atoms with E-state index >= 15 is 0 Å². The molecule has 120 valence electrons. The molecule has 0 aliphatic carbocycles. The minimum absolute atomic E-state index is 0.104. The third-order valence-electron chi connectivity index (χ3n) is 3.07. The number of nitrogens with zero attached hydrogens (tertiary/aromatic N) is 3. The summed E-state index contributed by atoms with van der Waals surface area (Å²) in [6.07, 6.45) is 1.54. The highest BCUT2D eigenvalue weighted by Gasteiger charge is 2.02. The molecular formula is C17H16N6O. The van der Waals surface area contributed by atoms with Gasteiger partial charge in [-0.2, -0.15) is 10.1 Å². The number of anilines is 5. The van der Waals surface area contributed by atoms with Crippen molar-refractivity contribution in [2.45, 2.75) is 6.92 Å². The highest BCUT2D eigenvalue weighted by atomic mass is 16.1. The summed E-state index contributed by atoms with van der Waals surface area (Å²) in [6, 6.07) is 16.9. The molecule has 0 radical (unpaired) electrons. The Labute approximate surface area is 139 Å². The van der Waals surface area contributed by atoms with Crippen LogP contribution in [-0.2, 0) is 4.79 Å². The smallest absolute Gasteiger partial charge is 0.249 e. The molecule has 0 aliphatic heterocycles. The van der Waals surface area contributed by atoms with E-state index in [1.807, 2.05) is 54.6 Å². The lowest BCUT2D eigenvalue weighted by molar-refractivity contribution is -0.114. The minimum Gasteiger partial charge on any atom is -0.339 e. The zero-order valence-corrected chi connectivity index (χ0v) is 13.0. The normalized spacial score (nSPS) is 10.0. The number of benzene rings is 2. The average molecular weight is 320 g/mol. The molecule has 2 aromatic carbocycles. The second kappa shape index (κ2) is 7.19. The molecule has 3 aromatic rings. The van der Waals surface area contributed by atoms with Crippen molar-refractivity contribution >= 4 is 34.7 Å². The molecule has 3 rings (SSSR count). The molecule has 0 saturated carbocycles. The van der Waals surface area contributed by atoms with E-state index in [2.05, 4.69) is 31.1 Å². The highest BCUT2D eigenvalue weighted by Crippen LogP contribution is 2.18. The van der Waals surface area contributed by atoms with Crippen LogP contribution in [0.4, 0.5) is 28.8 Å². The Hall–Kier alpha value is -3.48. The zero-order chi connectivity index (χ0) is 16.8. The largest absolute Gasteiger partial charge is 0.339 e. The Kier molecular flexibility index (Phi) is 4.62. The molecule has 0 unspecified atom stereocenters. The lowest BCUT2D eigenvalue weighted by atomic mass is 10.3. The molecule has 1 amide bonds. The van der Waals surface area contributed by atoms with E-state index in [4.69, 9.17) is 0 Å². The second-order valence-corrected chi connectivity index (χ2v) is 5.04. The summed E-state index contributed by atoms with van der Waals surface area (Å²) in [7, 11) is 0. The number of para-hydroxylation sites is 1. The molecule has 1 heterocycles. The van der Waals surface area contributed by atoms with E-state index in [0.717, 1.165) is 17.1 Å². The second-order valence-electron chi connectivity index (χ2n) is 5.04. The van der Waals surface area contributed by atoms with E-state index in [0.29, 0.717) is 11.8 Å². The van der Waals surface area contributed by atoms with E-state index in [-0.39, 0.29) is 5.91 Å². The van der Waals surface area contributed by atoms with Crippen molar-refractivity contribution in [1.82, 2.24) is 15.2 Å². The maximum absolute atomic E-state index is 11.0. The number of amides is 1. The van der Waals surface area contributed by atoms with Crippen LogP contribution in [0.2, 0.25) is 0 Å². The van der Waals surface area contributed by atoms with Crippen molar-refractivity contribution in [2.75, 3.05) is 16.0 Å². The monoisotopic (exact) mass is 320 g/mol. The van der Waals surface area contributed by atoms with E-state index in [9.17, 15) is 4.79 Å². The molecule has 0 atom stereocenters. The molecule has 24 heavy (non-hydrogen) atoms. The standard InChI is InChI=1S/C17H16N6O/c1-12(24)19-14-7-9-15(10-8-14)20-16-11-18-23-17(22-16)21-13-5-3-2-4-6-13/h2-11H,1H3,(H,19,24)(H2,20,21,22,23). The lowest BCUT2D eigenvalue weighted by Crippen LogP contribution is -2.05. The quantitative estimate of drug-likeness (QED) is 0.668. The first-order chi connectivity index (χ1) is 11.7. The number of carbonyl (C=O) groups excluding carboxylic acids is 1. The Morgan fingerprint density at radius 1 is 0.875 bits per heavy atom. The van der Waals surface area contributed by atoms with Gasteiger partial charge in [-0.1, -0.05) is 18.2 Å². The predicted octanol–water partition coefficient (Wildman–Crippen LogP) is 3.32. The highest BCUT2D eigenvalue weighted by molar-refractivity contribution is 5.88. The van der Waals surface area contributed by atoms with Crippen LogP contribution in [0.3, 0.4) is 0 Å². The Bertz CT molecular complexity index is 820. The zero-order valence-electron chi connectivity index (χ0n) is 13.0. The fourth-order valence-corrected chi connectivity index (χ4v) is 2.06. The van der Waals surface area contributed by atoms with E-state index in [1.165, 1.54) is 13.1 Å². The number of rotatable bonds is 5. The molecule has 7 nitrogen and oxygen atoms in total. The van der Waals surface area contributed by atoms with Crippen molar-refractivity contribution in [3.63, 3.8) is 0 Å². The average Bonchev–Trinajstić information content (AvgIpc) is 2.57. The Morgan fingerprint density at radius 2 is 1.54 bits per heavy atom. The first-order valence-corrected chi connectivity index (χ1v) is 7.35.